The molecular formula is C16H17F6N7O2. The second-order valence-corrected chi connectivity index (χ2v) is 6.85. The van der Waals surface area contributed by atoms with E-state index < -0.39 is 49.0 Å². The summed E-state index contributed by atoms with van der Waals surface area (Å²) in [6.07, 6.45) is -8.62. The fourth-order valence-electron chi connectivity index (χ4n) is 3.07. The van der Waals surface area contributed by atoms with E-state index in [1.165, 1.54) is 12.1 Å². The second-order valence-electron chi connectivity index (χ2n) is 6.85. The number of halogens is 6. The molecular weight excluding hydrogens is 436 g/mol. The van der Waals surface area contributed by atoms with E-state index in [0.717, 1.165) is 0 Å². The molecule has 0 spiro atoms. The SMILES string of the molecule is O=C(CNC(=O)C1CCN(c2ccc3nnc(C(F)(F)F)n3n2)CC1)NCC(F)(F)F. The summed E-state index contributed by atoms with van der Waals surface area (Å²) in [4.78, 5) is 25.2. The first-order chi connectivity index (χ1) is 14.4. The maximum atomic E-state index is 13.0. The van der Waals surface area contributed by atoms with Crippen molar-refractivity contribution in [3.05, 3.63) is 18.0 Å². The number of rotatable bonds is 5. The Kier molecular flexibility index (Phi) is 6.22. The van der Waals surface area contributed by atoms with Crippen molar-refractivity contribution in [2.45, 2.75) is 25.2 Å². The molecule has 0 atom stereocenters. The molecule has 0 bridgehead atoms. The van der Waals surface area contributed by atoms with Gasteiger partial charge in [0.15, 0.2) is 5.65 Å². The minimum absolute atomic E-state index is 0.0610. The Hall–Kier alpha value is -3.13. The highest BCUT2D eigenvalue weighted by Crippen LogP contribution is 2.28. The van der Waals surface area contributed by atoms with E-state index in [1.54, 1.807) is 10.2 Å². The molecule has 0 saturated carbocycles. The van der Waals surface area contributed by atoms with Crippen LogP contribution in [0.25, 0.3) is 5.65 Å². The normalized spacial score (nSPS) is 15.9. The number of nitrogens with one attached hydrogen (secondary N) is 2. The molecule has 31 heavy (non-hydrogen) atoms. The third-order valence-electron chi connectivity index (χ3n) is 4.60. The fraction of sp³-hybridized carbons (Fsp3) is 0.562. The molecule has 0 unspecified atom stereocenters. The molecule has 9 nitrogen and oxygen atoms in total. The zero-order valence-electron chi connectivity index (χ0n) is 15.8. The lowest BCUT2D eigenvalue weighted by Crippen LogP contribution is -2.45. The Morgan fingerprint density at radius 1 is 1.03 bits per heavy atom. The summed E-state index contributed by atoms with van der Waals surface area (Å²) < 4.78 is 75.8. The number of hydrogen-bond donors (Lipinski definition) is 2. The number of piperidine rings is 1. The van der Waals surface area contributed by atoms with Crippen LogP contribution in [0.2, 0.25) is 0 Å². The van der Waals surface area contributed by atoms with E-state index in [9.17, 15) is 35.9 Å². The first kappa shape index (κ1) is 22.6. The van der Waals surface area contributed by atoms with E-state index >= 15 is 0 Å². The molecule has 0 aromatic carbocycles. The maximum Gasteiger partial charge on any atom is 0.453 e. The van der Waals surface area contributed by atoms with E-state index in [4.69, 9.17) is 0 Å². The van der Waals surface area contributed by atoms with E-state index in [2.05, 4.69) is 20.6 Å². The first-order valence-corrected chi connectivity index (χ1v) is 9.10. The summed E-state index contributed by atoms with van der Waals surface area (Å²) in [5, 5.41) is 14.4. The highest BCUT2D eigenvalue weighted by atomic mass is 19.4. The monoisotopic (exact) mass is 453 g/mol. The van der Waals surface area contributed by atoms with Gasteiger partial charge in [-0.1, -0.05) is 0 Å². The zero-order chi connectivity index (χ0) is 22.8. The number of hydrogen-bond acceptors (Lipinski definition) is 6. The van der Waals surface area contributed by atoms with Crippen molar-refractivity contribution in [1.29, 1.82) is 0 Å². The van der Waals surface area contributed by atoms with Crippen LogP contribution in [0.5, 0.6) is 0 Å². The van der Waals surface area contributed by atoms with Gasteiger partial charge in [-0.3, -0.25) is 9.59 Å². The molecule has 0 radical (unpaired) electrons. The number of nitrogens with zero attached hydrogens (tertiary/aromatic N) is 5. The molecule has 15 heteroatoms. The summed E-state index contributed by atoms with van der Waals surface area (Å²) in [5.41, 5.74) is -0.0610. The lowest BCUT2D eigenvalue weighted by molar-refractivity contribution is -0.146. The van der Waals surface area contributed by atoms with Gasteiger partial charge in [0.25, 0.3) is 5.82 Å². The van der Waals surface area contributed by atoms with Crippen molar-refractivity contribution in [3.8, 4) is 0 Å². The highest BCUT2D eigenvalue weighted by molar-refractivity contribution is 5.85. The van der Waals surface area contributed by atoms with Gasteiger partial charge in [0.1, 0.15) is 12.4 Å². The number of alkyl halides is 6. The molecule has 1 fully saturated rings. The second kappa shape index (κ2) is 8.55. The van der Waals surface area contributed by atoms with Crippen molar-refractivity contribution >= 4 is 23.3 Å². The van der Waals surface area contributed by atoms with Gasteiger partial charge in [0.2, 0.25) is 11.8 Å². The van der Waals surface area contributed by atoms with Crippen LogP contribution in [-0.4, -0.2) is 64.0 Å². The molecule has 2 aromatic heterocycles. The van der Waals surface area contributed by atoms with E-state index in [-0.39, 0.29) is 11.5 Å². The van der Waals surface area contributed by atoms with Gasteiger partial charge in [-0.2, -0.15) is 30.9 Å². The van der Waals surface area contributed by atoms with Gasteiger partial charge in [0, 0.05) is 19.0 Å². The van der Waals surface area contributed by atoms with Crippen LogP contribution in [0.1, 0.15) is 18.7 Å². The molecule has 1 aliphatic rings. The van der Waals surface area contributed by atoms with Crippen LogP contribution in [0.4, 0.5) is 32.2 Å². The van der Waals surface area contributed by atoms with Crippen LogP contribution in [0.15, 0.2) is 12.1 Å². The summed E-state index contributed by atoms with van der Waals surface area (Å²) in [6.45, 7) is -1.46. The lowest BCUT2D eigenvalue weighted by Gasteiger charge is -2.32. The largest absolute Gasteiger partial charge is 0.453 e. The molecule has 1 aliphatic heterocycles. The Morgan fingerprint density at radius 3 is 2.32 bits per heavy atom. The topological polar surface area (TPSA) is 105 Å². The standard InChI is InChI=1S/C16H17F6N7O2/c17-15(18,19)8-24-12(30)7-23-13(31)9-3-5-28(6-4-9)11-2-1-10-25-26-14(16(20,21)22)29(10)27-11/h1-2,9H,3-8H2,(H,23,31)(H,24,30). The van der Waals surface area contributed by atoms with Gasteiger partial charge < -0.3 is 15.5 Å². The molecule has 3 heterocycles. The summed E-state index contributed by atoms with van der Waals surface area (Å²) in [6, 6.07) is 2.85. The quantitative estimate of drug-likeness (QED) is 0.659. The van der Waals surface area contributed by atoms with Crippen molar-refractivity contribution in [2.24, 2.45) is 5.92 Å². The van der Waals surface area contributed by atoms with Crippen molar-refractivity contribution < 1.29 is 35.9 Å². The Bertz CT molecular complexity index is 950. The lowest BCUT2D eigenvalue weighted by atomic mass is 9.96. The van der Waals surface area contributed by atoms with Gasteiger partial charge >= 0.3 is 12.4 Å². The summed E-state index contributed by atoms with van der Waals surface area (Å²) in [5.74, 6) is -2.93. The Balaban J connectivity index is 1.53. The number of anilines is 1. The van der Waals surface area contributed by atoms with E-state index in [1.807, 2.05) is 0 Å². The number of carbonyl (C=O) groups excluding carboxylic acids is 2. The molecule has 2 aromatic rings. The van der Waals surface area contributed by atoms with Gasteiger partial charge in [-0.15, -0.1) is 15.3 Å². The maximum absolute atomic E-state index is 13.0. The molecule has 2 amide bonds. The van der Waals surface area contributed by atoms with Crippen molar-refractivity contribution in [1.82, 2.24) is 30.4 Å². The minimum atomic E-state index is -4.72. The van der Waals surface area contributed by atoms with Gasteiger partial charge in [-0.05, 0) is 25.0 Å². The van der Waals surface area contributed by atoms with Crippen LogP contribution >= 0.6 is 0 Å². The van der Waals surface area contributed by atoms with Crippen molar-refractivity contribution in [2.75, 3.05) is 31.1 Å². The smallest absolute Gasteiger partial charge is 0.355 e. The average Bonchev–Trinajstić information content (AvgIpc) is 3.13. The zero-order valence-corrected chi connectivity index (χ0v) is 15.8. The number of amides is 2. The third kappa shape index (κ3) is 5.73. The molecule has 0 aliphatic carbocycles. The summed E-state index contributed by atoms with van der Waals surface area (Å²) >= 11 is 0. The van der Waals surface area contributed by atoms with E-state index in [0.29, 0.717) is 30.4 Å². The number of aromatic nitrogens is 4. The third-order valence-corrected chi connectivity index (χ3v) is 4.60. The Labute approximate surface area is 170 Å². The van der Waals surface area contributed by atoms with Gasteiger partial charge in [0.05, 0.1) is 6.54 Å². The fourth-order valence-corrected chi connectivity index (χ4v) is 3.07. The average molecular weight is 453 g/mol. The number of carbonyl (C=O) groups is 2. The Morgan fingerprint density at radius 2 is 1.71 bits per heavy atom. The predicted octanol–water partition coefficient (Wildman–Crippen LogP) is 1.15. The molecule has 3 rings (SSSR count). The van der Waals surface area contributed by atoms with Crippen LogP contribution in [-0.2, 0) is 15.8 Å². The molecule has 170 valence electrons. The van der Waals surface area contributed by atoms with Gasteiger partial charge in [-0.25, -0.2) is 0 Å². The minimum Gasteiger partial charge on any atom is -0.355 e. The highest BCUT2D eigenvalue weighted by Gasteiger charge is 2.38. The van der Waals surface area contributed by atoms with Crippen LogP contribution in [0.3, 0.4) is 0 Å². The predicted molar refractivity (Wildman–Crippen MR) is 92.8 cm³/mol. The molecule has 2 N–H and O–H groups in total. The van der Waals surface area contributed by atoms with Crippen LogP contribution in [0, 0.1) is 5.92 Å². The first-order valence-electron chi connectivity index (χ1n) is 9.10. The summed E-state index contributed by atoms with van der Waals surface area (Å²) in [7, 11) is 0. The number of fused-ring (bicyclic) bond motifs is 1. The van der Waals surface area contributed by atoms with Crippen LogP contribution < -0.4 is 15.5 Å². The van der Waals surface area contributed by atoms with Crippen molar-refractivity contribution in [3.63, 3.8) is 0 Å². The molecule has 1 saturated heterocycles.